The fraction of sp³-hybridized carbons (Fsp3) is 0.389. The first-order chi connectivity index (χ1) is 11.5. The smallest absolute Gasteiger partial charge is 0.238 e. The van der Waals surface area contributed by atoms with E-state index in [0.717, 1.165) is 30.3 Å². The Labute approximate surface area is 142 Å². The van der Waals surface area contributed by atoms with Crippen molar-refractivity contribution in [1.82, 2.24) is 14.9 Å². The summed E-state index contributed by atoms with van der Waals surface area (Å²) in [6, 6.07) is 10.2. The summed E-state index contributed by atoms with van der Waals surface area (Å²) in [7, 11) is 1.99. The van der Waals surface area contributed by atoms with Gasteiger partial charge in [0.2, 0.25) is 5.91 Å². The maximum atomic E-state index is 12.2. The van der Waals surface area contributed by atoms with Gasteiger partial charge in [-0.15, -0.1) is 0 Å². The van der Waals surface area contributed by atoms with Crippen LogP contribution in [-0.4, -0.2) is 53.5 Å². The van der Waals surface area contributed by atoms with Gasteiger partial charge in [0.1, 0.15) is 12.1 Å². The first kappa shape index (κ1) is 16.4. The molecule has 1 aromatic heterocycles. The van der Waals surface area contributed by atoms with Crippen molar-refractivity contribution in [3.63, 3.8) is 0 Å². The van der Waals surface area contributed by atoms with Crippen molar-refractivity contribution in [2.75, 3.05) is 36.9 Å². The molecule has 2 heterocycles. The molecule has 2 aromatic rings. The summed E-state index contributed by atoms with van der Waals surface area (Å²) in [5.74, 6) is 0.967. The lowest BCUT2D eigenvalue weighted by Gasteiger charge is -2.44. The topological polar surface area (TPSA) is 61.4 Å². The molecule has 1 aliphatic rings. The Balaban J connectivity index is 1.47. The highest BCUT2D eigenvalue weighted by atomic mass is 16.2. The van der Waals surface area contributed by atoms with Gasteiger partial charge in [-0.25, -0.2) is 9.97 Å². The van der Waals surface area contributed by atoms with Crippen molar-refractivity contribution in [2.24, 2.45) is 0 Å². The number of aryl methyl sites for hydroxylation is 2. The molecule has 0 unspecified atom stereocenters. The van der Waals surface area contributed by atoms with Crippen LogP contribution in [0.2, 0.25) is 0 Å². The van der Waals surface area contributed by atoms with Crippen LogP contribution in [0.15, 0.2) is 36.7 Å². The van der Waals surface area contributed by atoms with Crippen LogP contribution in [-0.2, 0) is 4.79 Å². The molecule has 1 aliphatic heterocycles. The average Bonchev–Trinajstić information content (AvgIpc) is 2.48. The molecule has 1 aromatic carbocycles. The Morgan fingerprint density at radius 2 is 1.96 bits per heavy atom. The Bertz CT molecular complexity index is 710. The van der Waals surface area contributed by atoms with Gasteiger partial charge in [0.15, 0.2) is 0 Å². The van der Waals surface area contributed by atoms with Gasteiger partial charge in [-0.05, 0) is 33.0 Å². The van der Waals surface area contributed by atoms with Crippen molar-refractivity contribution in [2.45, 2.75) is 19.9 Å². The number of carbonyl (C=O) groups excluding carboxylic acids is 1. The molecule has 1 N–H and O–H groups in total. The molecular formula is C18H23N5O. The number of benzene rings is 1. The largest absolute Gasteiger partial charge is 0.353 e. The van der Waals surface area contributed by atoms with Crippen molar-refractivity contribution in [3.8, 4) is 0 Å². The normalized spacial score (nSPS) is 14.6. The molecule has 6 nitrogen and oxygen atoms in total. The first-order valence-electron chi connectivity index (χ1n) is 8.11. The lowest BCUT2D eigenvalue weighted by molar-refractivity contribution is -0.117. The van der Waals surface area contributed by atoms with Crippen molar-refractivity contribution < 1.29 is 4.79 Å². The fourth-order valence-corrected chi connectivity index (χ4v) is 2.73. The zero-order valence-corrected chi connectivity index (χ0v) is 14.4. The number of amides is 1. The highest BCUT2D eigenvalue weighted by Gasteiger charge is 2.31. The van der Waals surface area contributed by atoms with Gasteiger partial charge >= 0.3 is 0 Å². The number of hydrogen-bond acceptors (Lipinski definition) is 5. The van der Waals surface area contributed by atoms with E-state index in [0.29, 0.717) is 12.6 Å². The maximum absolute atomic E-state index is 12.2. The summed E-state index contributed by atoms with van der Waals surface area (Å²) in [6.07, 6.45) is 1.59. The fourth-order valence-electron chi connectivity index (χ4n) is 2.73. The summed E-state index contributed by atoms with van der Waals surface area (Å²) in [5, 5.41) is 2.94. The highest BCUT2D eigenvalue weighted by Crippen LogP contribution is 2.21. The van der Waals surface area contributed by atoms with E-state index in [1.807, 2.05) is 51.2 Å². The standard InChI is InChI=1S/C18H23N5O/c1-13-4-6-15(7-5-13)21-18(24)11-22(3)16-9-23(10-16)17-8-14(2)19-12-20-17/h4-8,12,16H,9-11H2,1-3H3,(H,21,24). The second-order valence-electron chi connectivity index (χ2n) is 6.41. The van der Waals surface area contributed by atoms with Crippen LogP contribution in [0.3, 0.4) is 0 Å². The summed E-state index contributed by atoms with van der Waals surface area (Å²) >= 11 is 0. The lowest BCUT2D eigenvalue weighted by Crippen LogP contribution is -2.59. The van der Waals surface area contributed by atoms with Gasteiger partial charge in [-0.3, -0.25) is 9.69 Å². The van der Waals surface area contributed by atoms with Crippen LogP contribution in [0, 0.1) is 13.8 Å². The molecule has 0 saturated carbocycles. The number of aromatic nitrogens is 2. The van der Waals surface area contributed by atoms with Crippen LogP contribution >= 0.6 is 0 Å². The molecular weight excluding hydrogens is 302 g/mol. The monoisotopic (exact) mass is 325 g/mol. The number of likely N-dealkylation sites (N-methyl/N-ethyl adjacent to an activating group) is 1. The Hall–Kier alpha value is -2.47. The molecule has 0 radical (unpaired) electrons. The third-order valence-electron chi connectivity index (χ3n) is 4.33. The van der Waals surface area contributed by atoms with Crippen LogP contribution < -0.4 is 10.2 Å². The van der Waals surface area contributed by atoms with E-state index in [9.17, 15) is 4.79 Å². The van der Waals surface area contributed by atoms with Gasteiger partial charge in [-0.2, -0.15) is 0 Å². The minimum atomic E-state index is 0.0117. The van der Waals surface area contributed by atoms with E-state index in [4.69, 9.17) is 0 Å². The molecule has 1 amide bonds. The van der Waals surface area contributed by atoms with Gasteiger partial charge in [0, 0.05) is 36.6 Å². The Morgan fingerprint density at radius 3 is 2.62 bits per heavy atom. The van der Waals surface area contributed by atoms with E-state index >= 15 is 0 Å². The van der Waals surface area contributed by atoms with Gasteiger partial charge in [0.25, 0.3) is 0 Å². The number of anilines is 2. The predicted octanol–water partition coefficient (Wildman–Crippen LogP) is 1.85. The summed E-state index contributed by atoms with van der Waals surface area (Å²) in [6.45, 7) is 6.13. The molecule has 0 bridgehead atoms. The van der Waals surface area contributed by atoms with E-state index in [1.165, 1.54) is 5.56 Å². The number of nitrogens with one attached hydrogen (secondary N) is 1. The van der Waals surface area contributed by atoms with Crippen LogP contribution in [0.5, 0.6) is 0 Å². The third kappa shape index (κ3) is 3.89. The predicted molar refractivity (Wildman–Crippen MR) is 95.2 cm³/mol. The van der Waals surface area contributed by atoms with Gasteiger partial charge < -0.3 is 10.2 Å². The number of hydrogen-bond donors (Lipinski definition) is 1. The van der Waals surface area contributed by atoms with E-state index in [-0.39, 0.29) is 5.91 Å². The third-order valence-corrected chi connectivity index (χ3v) is 4.33. The molecule has 1 saturated heterocycles. The van der Waals surface area contributed by atoms with E-state index in [2.05, 4.69) is 25.1 Å². The Morgan fingerprint density at radius 1 is 1.25 bits per heavy atom. The summed E-state index contributed by atoms with van der Waals surface area (Å²) < 4.78 is 0. The van der Waals surface area contributed by atoms with Crippen molar-refractivity contribution in [1.29, 1.82) is 0 Å². The SMILES string of the molecule is Cc1ccc(NC(=O)CN(C)C2CN(c3cc(C)ncn3)C2)cc1. The van der Waals surface area contributed by atoms with Crippen molar-refractivity contribution >= 4 is 17.4 Å². The second kappa shape index (κ2) is 6.97. The minimum Gasteiger partial charge on any atom is -0.353 e. The maximum Gasteiger partial charge on any atom is 0.238 e. The lowest BCUT2D eigenvalue weighted by atomic mass is 10.1. The quantitative estimate of drug-likeness (QED) is 0.909. The summed E-state index contributed by atoms with van der Waals surface area (Å²) in [5.41, 5.74) is 2.99. The molecule has 126 valence electrons. The highest BCUT2D eigenvalue weighted by molar-refractivity contribution is 5.92. The van der Waals surface area contributed by atoms with Gasteiger partial charge in [-0.1, -0.05) is 17.7 Å². The zero-order chi connectivity index (χ0) is 17.1. The number of carbonyl (C=O) groups is 1. The summed E-state index contributed by atoms with van der Waals surface area (Å²) in [4.78, 5) is 24.9. The first-order valence-corrected chi connectivity index (χ1v) is 8.11. The second-order valence-corrected chi connectivity index (χ2v) is 6.41. The molecule has 0 spiro atoms. The molecule has 24 heavy (non-hydrogen) atoms. The van der Waals surface area contributed by atoms with Crippen LogP contribution in [0.1, 0.15) is 11.3 Å². The molecule has 0 atom stereocenters. The van der Waals surface area contributed by atoms with Crippen LogP contribution in [0.25, 0.3) is 0 Å². The molecule has 3 rings (SSSR count). The molecule has 0 aliphatic carbocycles. The van der Waals surface area contributed by atoms with E-state index in [1.54, 1.807) is 6.33 Å². The zero-order valence-electron chi connectivity index (χ0n) is 14.4. The minimum absolute atomic E-state index is 0.0117. The number of nitrogens with zero attached hydrogens (tertiary/aromatic N) is 4. The van der Waals surface area contributed by atoms with E-state index < -0.39 is 0 Å². The molecule has 6 heteroatoms. The average molecular weight is 325 g/mol. The van der Waals surface area contributed by atoms with Crippen LogP contribution in [0.4, 0.5) is 11.5 Å². The number of rotatable bonds is 5. The van der Waals surface area contributed by atoms with Crippen molar-refractivity contribution in [3.05, 3.63) is 47.9 Å². The Kier molecular flexibility index (Phi) is 4.76. The molecule has 1 fully saturated rings. The van der Waals surface area contributed by atoms with Gasteiger partial charge in [0.05, 0.1) is 6.54 Å².